The topological polar surface area (TPSA) is 41.6 Å². The molecule has 0 radical (unpaired) electrons. The van der Waals surface area contributed by atoms with Gasteiger partial charge in [0.1, 0.15) is 11.8 Å². The van der Waals surface area contributed by atoms with E-state index < -0.39 is 23.5 Å². The molecule has 1 heterocycles. The van der Waals surface area contributed by atoms with Gasteiger partial charge in [-0.05, 0) is 43.4 Å². The number of alkyl halides is 3. The van der Waals surface area contributed by atoms with E-state index in [0.717, 1.165) is 36.1 Å². The van der Waals surface area contributed by atoms with Crippen LogP contribution >= 0.6 is 0 Å². The molecule has 1 aliphatic rings. The molecule has 4 nitrogen and oxygen atoms in total. The maximum absolute atomic E-state index is 14.2. The molecule has 0 saturated carbocycles. The van der Waals surface area contributed by atoms with Gasteiger partial charge in [0.15, 0.2) is 0 Å². The predicted octanol–water partition coefficient (Wildman–Crippen LogP) is 6.17. The standard InChI is InChI=1S/C24H31F3N2O2/c1-4-5-6-7-10-13-31-20-15-18(14-17-11-8-9-12-19(17)20)21(24(25,26)27)29-16-23(2,3)22(30)28-29/h8-9,11-12,14-15,21H,4-7,10,13,16H2,1-3H3,(H,28,30)/t21-/m0/s1. The Morgan fingerprint density at radius 2 is 1.84 bits per heavy atom. The first-order valence-electron chi connectivity index (χ1n) is 10.9. The molecule has 1 N–H and O–H groups in total. The van der Waals surface area contributed by atoms with Crippen LogP contribution in [0, 0.1) is 5.41 Å². The zero-order valence-corrected chi connectivity index (χ0v) is 18.4. The van der Waals surface area contributed by atoms with E-state index in [2.05, 4.69) is 12.3 Å². The van der Waals surface area contributed by atoms with Crippen molar-refractivity contribution in [3.8, 4) is 5.75 Å². The molecular formula is C24H31F3N2O2. The fourth-order valence-electron chi connectivity index (χ4n) is 3.98. The number of benzene rings is 2. The van der Waals surface area contributed by atoms with Gasteiger partial charge in [-0.3, -0.25) is 10.2 Å². The quantitative estimate of drug-likeness (QED) is 0.478. The molecule has 2 aromatic rings. The second kappa shape index (κ2) is 9.47. The van der Waals surface area contributed by atoms with Crippen molar-refractivity contribution < 1.29 is 22.7 Å². The highest BCUT2D eigenvalue weighted by atomic mass is 19.4. The molecule has 170 valence electrons. The van der Waals surface area contributed by atoms with Crippen molar-refractivity contribution in [2.45, 2.75) is 65.1 Å². The summed E-state index contributed by atoms with van der Waals surface area (Å²) in [5.41, 5.74) is 1.59. The Morgan fingerprint density at radius 1 is 1.13 bits per heavy atom. The monoisotopic (exact) mass is 436 g/mol. The van der Waals surface area contributed by atoms with Crippen molar-refractivity contribution in [3.05, 3.63) is 42.0 Å². The van der Waals surface area contributed by atoms with Crippen LogP contribution in [0.15, 0.2) is 36.4 Å². The number of hydrogen-bond acceptors (Lipinski definition) is 3. The molecular weight excluding hydrogens is 405 g/mol. The Bertz CT molecular complexity index is 911. The summed E-state index contributed by atoms with van der Waals surface area (Å²) in [6, 6.07) is 8.35. The van der Waals surface area contributed by atoms with Gasteiger partial charge in [0.2, 0.25) is 5.91 Å². The fraction of sp³-hybridized carbons (Fsp3) is 0.542. The van der Waals surface area contributed by atoms with Gasteiger partial charge in [-0.15, -0.1) is 0 Å². The van der Waals surface area contributed by atoms with Crippen LogP contribution < -0.4 is 10.2 Å². The number of rotatable bonds is 9. The SMILES string of the molecule is CCCCCCCOc1cc([C@H](N2CC(C)(C)C(=O)N2)C(F)(F)F)cc2ccccc12. The Labute approximate surface area is 181 Å². The number of unbranched alkanes of at least 4 members (excludes halogenated alkanes) is 4. The number of hydrazine groups is 1. The lowest BCUT2D eigenvalue weighted by molar-refractivity contribution is -0.191. The van der Waals surface area contributed by atoms with Crippen LogP contribution in [0.1, 0.15) is 64.5 Å². The number of fused-ring (bicyclic) bond motifs is 1. The number of ether oxygens (including phenoxy) is 1. The number of hydrogen-bond donors (Lipinski definition) is 1. The summed E-state index contributed by atoms with van der Waals surface area (Å²) < 4.78 is 48.4. The summed E-state index contributed by atoms with van der Waals surface area (Å²) in [5.74, 6) is 0.0358. The van der Waals surface area contributed by atoms with E-state index in [1.165, 1.54) is 12.5 Å². The third-order valence-electron chi connectivity index (χ3n) is 5.71. The van der Waals surface area contributed by atoms with Crippen LogP contribution in [0.4, 0.5) is 13.2 Å². The highest BCUT2D eigenvalue weighted by Crippen LogP contribution is 2.43. The largest absolute Gasteiger partial charge is 0.493 e. The second-order valence-electron chi connectivity index (χ2n) is 8.90. The number of nitrogens with zero attached hydrogens (tertiary/aromatic N) is 1. The van der Waals surface area contributed by atoms with Crippen LogP contribution in [0.25, 0.3) is 10.8 Å². The fourth-order valence-corrected chi connectivity index (χ4v) is 3.98. The summed E-state index contributed by atoms with van der Waals surface area (Å²) in [7, 11) is 0. The highest BCUT2D eigenvalue weighted by molar-refractivity contribution is 5.89. The van der Waals surface area contributed by atoms with Crippen molar-refractivity contribution >= 4 is 16.7 Å². The third kappa shape index (κ3) is 5.50. The van der Waals surface area contributed by atoms with Gasteiger partial charge in [-0.1, -0.05) is 56.9 Å². The van der Waals surface area contributed by atoms with Gasteiger partial charge in [-0.25, -0.2) is 5.01 Å². The molecule has 1 fully saturated rings. The molecule has 1 aliphatic heterocycles. The smallest absolute Gasteiger partial charge is 0.409 e. The highest BCUT2D eigenvalue weighted by Gasteiger charge is 2.51. The minimum atomic E-state index is -4.56. The maximum atomic E-state index is 14.2. The Kier molecular flexibility index (Phi) is 7.14. The Balaban J connectivity index is 1.91. The normalized spacial score (nSPS) is 17.7. The maximum Gasteiger partial charge on any atom is 0.409 e. The van der Waals surface area contributed by atoms with Gasteiger partial charge < -0.3 is 4.74 Å². The minimum absolute atomic E-state index is 0.0313. The van der Waals surface area contributed by atoms with E-state index in [0.29, 0.717) is 17.7 Å². The number of amides is 1. The summed E-state index contributed by atoms with van der Waals surface area (Å²) in [4.78, 5) is 12.2. The van der Waals surface area contributed by atoms with E-state index in [9.17, 15) is 18.0 Å². The van der Waals surface area contributed by atoms with Crippen LogP contribution in [-0.2, 0) is 4.79 Å². The predicted molar refractivity (Wildman–Crippen MR) is 116 cm³/mol. The van der Waals surface area contributed by atoms with E-state index in [1.807, 2.05) is 12.1 Å². The van der Waals surface area contributed by atoms with Crippen molar-refractivity contribution in [2.75, 3.05) is 13.2 Å². The lowest BCUT2D eigenvalue weighted by atomic mass is 9.93. The van der Waals surface area contributed by atoms with Crippen molar-refractivity contribution in [2.24, 2.45) is 5.41 Å². The summed E-state index contributed by atoms with van der Waals surface area (Å²) in [5, 5.41) is 2.47. The molecule has 2 aromatic carbocycles. The van der Waals surface area contributed by atoms with Crippen molar-refractivity contribution in [3.63, 3.8) is 0 Å². The molecule has 31 heavy (non-hydrogen) atoms. The number of carbonyl (C=O) groups is 1. The lowest BCUT2D eigenvalue weighted by Gasteiger charge is -2.30. The van der Waals surface area contributed by atoms with E-state index in [1.54, 1.807) is 32.0 Å². The summed E-state index contributed by atoms with van der Waals surface area (Å²) in [6.07, 6.45) is 0.776. The first-order valence-corrected chi connectivity index (χ1v) is 10.9. The van der Waals surface area contributed by atoms with Gasteiger partial charge >= 0.3 is 6.18 Å². The van der Waals surface area contributed by atoms with E-state index >= 15 is 0 Å². The summed E-state index contributed by atoms with van der Waals surface area (Å²) >= 11 is 0. The molecule has 0 spiro atoms. The van der Waals surface area contributed by atoms with Crippen LogP contribution in [-0.4, -0.2) is 30.2 Å². The van der Waals surface area contributed by atoms with Crippen molar-refractivity contribution in [1.29, 1.82) is 0 Å². The van der Waals surface area contributed by atoms with Crippen molar-refractivity contribution in [1.82, 2.24) is 10.4 Å². The second-order valence-corrected chi connectivity index (χ2v) is 8.90. The molecule has 0 aromatic heterocycles. The summed E-state index contributed by atoms with van der Waals surface area (Å²) in [6.45, 7) is 5.86. The minimum Gasteiger partial charge on any atom is -0.493 e. The van der Waals surface area contributed by atoms with Gasteiger partial charge in [0, 0.05) is 11.9 Å². The van der Waals surface area contributed by atoms with Gasteiger partial charge in [0.05, 0.1) is 12.0 Å². The molecule has 3 rings (SSSR count). The average Bonchev–Trinajstić information content (AvgIpc) is 2.95. The Morgan fingerprint density at radius 3 is 2.48 bits per heavy atom. The molecule has 0 bridgehead atoms. The van der Waals surface area contributed by atoms with Crippen LogP contribution in [0.5, 0.6) is 5.75 Å². The van der Waals surface area contributed by atoms with Crippen LogP contribution in [0.3, 0.4) is 0 Å². The molecule has 7 heteroatoms. The number of halogens is 3. The van der Waals surface area contributed by atoms with Gasteiger partial charge in [0.25, 0.3) is 0 Å². The lowest BCUT2D eigenvalue weighted by Crippen LogP contribution is -2.43. The van der Waals surface area contributed by atoms with E-state index in [-0.39, 0.29) is 12.1 Å². The average molecular weight is 437 g/mol. The molecule has 0 aliphatic carbocycles. The zero-order valence-electron chi connectivity index (χ0n) is 18.4. The van der Waals surface area contributed by atoms with E-state index in [4.69, 9.17) is 4.74 Å². The number of carbonyl (C=O) groups excluding carboxylic acids is 1. The zero-order chi connectivity index (χ0) is 22.6. The first kappa shape index (κ1) is 23.4. The van der Waals surface area contributed by atoms with Gasteiger partial charge in [-0.2, -0.15) is 13.2 Å². The third-order valence-corrected chi connectivity index (χ3v) is 5.71. The van der Waals surface area contributed by atoms with Crippen LogP contribution in [0.2, 0.25) is 0 Å². The molecule has 1 amide bonds. The number of nitrogens with one attached hydrogen (secondary N) is 1. The molecule has 0 unspecified atom stereocenters. The molecule has 1 saturated heterocycles. The first-order chi connectivity index (χ1) is 14.6. The molecule has 1 atom stereocenters. The Hall–Kier alpha value is -2.28.